The lowest BCUT2D eigenvalue weighted by molar-refractivity contribution is 0.672. The van der Waals surface area contributed by atoms with E-state index >= 15 is 0 Å². The van der Waals surface area contributed by atoms with Crippen molar-refractivity contribution in [2.24, 2.45) is 0 Å². The summed E-state index contributed by atoms with van der Waals surface area (Å²) in [6, 6.07) is 74.9. The number of nitrogens with zero attached hydrogens (tertiary/aromatic N) is 3. The molecule has 0 aliphatic heterocycles. The fourth-order valence-electron chi connectivity index (χ4n) is 8.98. The van der Waals surface area contributed by atoms with Crippen molar-refractivity contribution in [3.63, 3.8) is 0 Å². The number of hydrogen-bond donors (Lipinski definition) is 0. The maximum absolute atomic E-state index is 6.77. The molecule has 0 aliphatic carbocycles. The monoisotopic (exact) mass is 765 g/mol. The van der Waals surface area contributed by atoms with E-state index in [4.69, 9.17) is 14.4 Å². The average molecular weight is 766 g/mol. The molecule has 12 rings (SSSR count). The highest BCUT2D eigenvalue weighted by Gasteiger charge is 2.20. The summed E-state index contributed by atoms with van der Waals surface area (Å²) in [5.74, 6) is 0.712. The molecule has 3 aromatic heterocycles. The minimum Gasteiger partial charge on any atom is -0.455 e. The smallest absolute Gasteiger partial charge is 0.160 e. The molecule has 60 heavy (non-hydrogen) atoms. The Bertz CT molecular complexity index is 3460. The molecule has 0 fully saturated rings. The van der Waals surface area contributed by atoms with E-state index in [-0.39, 0.29) is 0 Å². The van der Waals surface area contributed by atoms with Crippen molar-refractivity contribution < 1.29 is 4.42 Å². The molecule has 4 nitrogen and oxygen atoms in total. The summed E-state index contributed by atoms with van der Waals surface area (Å²) in [6.07, 6.45) is 0. The van der Waals surface area contributed by atoms with Crippen molar-refractivity contribution in [2.75, 3.05) is 0 Å². The second-order valence-corrected chi connectivity index (χ2v) is 15.3. The third-order valence-electron chi connectivity index (χ3n) is 11.8. The summed E-state index contributed by atoms with van der Waals surface area (Å²) < 4.78 is 9.17. The number of rotatable bonds is 6. The van der Waals surface area contributed by atoms with Crippen LogP contribution < -0.4 is 0 Å². The van der Waals surface area contributed by atoms with Crippen molar-refractivity contribution >= 4 is 54.5 Å². The van der Waals surface area contributed by atoms with Gasteiger partial charge in [0.05, 0.1) is 33.5 Å². The van der Waals surface area contributed by atoms with Crippen molar-refractivity contribution in [3.8, 4) is 61.8 Å². The Morgan fingerprint density at radius 3 is 1.48 bits per heavy atom. The van der Waals surface area contributed by atoms with Crippen LogP contribution in [0, 0.1) is 0 Å². The van der Waals surface area contributed by atoms with Gasteiger partial charge in [-0.1, -0.05) is 176 Å². The first-order valence-corrected chi connectivity index (χ1v) is 20.3. The minimum atomic E-state index is 0.712. The molecule has 0 spiro atoms. The van der Waals surface area contributed by atoms with Gasteiger partial charge in [0.1, 0.15) is 11.2 Å². The third kappa shape index (κ3) is 5.53. The van der Waals surface area contributed by atoms with E-state index in [1.165, 1.54) is 27.4 Å². The second-order valence-electron chi connectivity index (χ2n) is 15.3. The molecule has 0 aliphatic rings. The maximum Gasteiger partial charge on any atom is 0.160 e. The van der Waals surface area contributed by atoms with Gasteiger partial charge in [0.25, 0.3) is 0 Å². The van der Waals surface area contributed by atoms with Crippen LogP contribution in [0.3, 0.4) is 0 Å². The Morgan fingerprint density at radius 2 is 0.850 bits per heavy atom. The summed E-state index contributed by atoms with van der Waals surface area (Å²) >= 11 is 0. The van der Waals surface area contributed by atoms with Crippen LogP contribution in [0.2, 0.25) is 0 Å². The normalized spacial score (nSPS) is 11.7. The van der Waals surface area contributed by atoms with Gasteiger partial charge in [-0.3, -0.25) is 0 Å². The van der Waals surface area contributed by atoms with Crippen LogP contribution in [0.25, 0.3) is 116 Å². The Hall–Kier alpha value is -8.08. The third-order valence-corrected chi connectivity index (χ3v) is 11.8. The van der Waals surface area contributed by atoms with Gasteiger partial charge in [-0.05, 0) is 64.0 Å². The van der Waals surface area contributed by atoms with E-state index in [9.17, 15) is 0 Å². The van der Waals surface area contributed by atoms with Crippen molar-refractivity contribution in [2.45, 2.75) is 0 Å². The predicted molar refractivity (Wildman–Crippen MR) is 248 cm³/mol. The van der Waals surface area contributed by atoms with Gasteiger partial charge in [-0.25, -0.2) is 9.97 Å². The van der Waals surface area contributed by atoms with E-state index in [1.807, 2.05) is 36.4 Å². The van der Waals surface area contributed by atoms with Gasteiger partial charge in [0.2, 0.25) is 0 Å². The summed E-state index contributed by atoms with van der Waals surface area (Å²) in [5.41, 5.74) is 14.7. The number of furan rings is 1. The summed E-state index contributed by atoms with van der Waals surface area (Å²) in [7, 11) is 0. The zero-order valence-corrected chi connectivity index (χ0v) is 32.5. The lowest BCUT2D eigenvalue weighted by Gasteiger charge is -2.12. The van der Waals surface area contributed by atoms with Gasteiger partial charge >= 0.3 is 0 Å². The molecule has 9 aromatic carbocycles. The van der Waals surface area contributed by atoms with E-state index in [2.05, 4.69) is 180 Å². The highest BCUT2D eigenvalue weighted by Crippen LogP contribution is 2.44. The molecule has 12 aromatic rings. The first-order valence-electron chi connectivity index (χ1n) is 20.3. The molecule has 4 heteroatoms. The molecule has 0 radical (unpaired) electrons. The molecule has 0 saturated heterocycles. The van der Waals surface area contributed by atoms with Crippen LogP contribution >= 0.6 is 0 Å². The molecular formula is C56H35N3O. The lowest BCUT2D eigenvalue weighted by atomic mass is 9.93. The standard InChI is InChI=1S/C56H35N3O/c1-3-14-39(15-4-1)48-35-49(58-56(57-48)41-16-5-2-6-17-41)40-32-28-37(29-33-40)36-26-30-38(31-27-36)46-34-47-54-52(24-13-25-53(54)60-55(47)45-21-8-7-18-42(45)46)59-50-22-11-9-19-43(50)44-20-10-12-23-51(44)59/h1-35H. The first-order chi connectivity index (χ1) is 29.7. The molecule has 0 bridgehead atoms. The fraction of sp³-hybridized carbons (Fsp3) is 0. The van der Waals surface area contributed by atoms with Gasteiger partial charge in [0, 0.05) is 38.2 Å². The highest BCUT2D eigenvalue weighted by molar-refractivity contribution is 6.22. The van der Waals surface area contributed by atoms with Crippen LogP contribution in [0.15, 0.2) is 217 Å². The molecule has 0 saturated carbocycles. The average Bonchev–Trinajstić information content (AvgIpc) is 3.88. The number of benzene rings is 9. The van der Waals surface area contributed by atoms with Gasteiger partial charge in [0.15, 0.2) is 5.82 Å². The number of fused-ring (bicyclic) bond motifs is 8. The highest BCUT2D eigenvalue weighted by atomic mass is 16.3. The van der Waals surface area contributed by atoms with Gasteiger partial charge in [-0.15, -0.1) is 0 Å². The molecule has 0 amide bonds. The molecule has 280 valence electrons. The number of aromatic nitrogens is 3. The fourth-order valence-corrected chi connectivity index (χ4v) is 8.98. The van der Waals surface area contributed by atoms with Crippen LogP contribution in [0.4, 0.5) is 0 Å². The largest absolute Gasteiger partial charge is 0.455 e. The van der Waals surface area contributed by atoms with Crippen molar-refractivity contribution in [1.82, 2.24) is 14.5 Å². The molecule has 0 N–H and O–H groups in total. The van der Waals surface area contributed by atoms with Crippen LogP contribution in [0.5, 0.6) is 0 Å². The Morgan fingerprint density at radius 1 is 0.350 bits per heavy atom. The molecular weight excluding hydrogens is 731 g/mol. The number of para-hydroxylation sites is 2. The quantitative estimate of drug-likeness (QED) is 0.169. The van der Waals surface area contributed by atoms with Gasteiger partial charge < -0.3 is 8.98 Å². The first kappa shape index (κ1) is 34.0. The summed E-state index contributed by atoms with van der Waals surface area (Å²) in [5, 5.41) is 6.95. The van der Waals surface area contributed by atoms with Gasteiger partial charge in [-0.2, -0.15) is 0 Å². The van der Waals surface area contributed by atoms with Crippen molar-refractivity contribution in [3.05, 3.63) is 212 Å². The SMILES string of the molecule is c1ccc(-c2cc(-c3ccc(-c4ccc(-c5cc6c(oc7cccc(-n8c9ccccc9c9ccccc98)c76)c6ccccc56)cc4)cc3)nc(-c3ccccc3)n2)cc1. The lowest BCUT2D eigenvalue weighted by Crippen LogP contribution is -1.95. The molecule has 0 unspecified atom stereocenters. The van der Waals surface area contributed by atoms with E-state index in [0.29, 0.717) is 5.82 Å². The Kier molecular flexibility index (Phi) is 7.82. The zero-order valence-electron chi connectivity index (χ0n) is 32.5. The van der Waals surface area contributed by atoms with E-state index in [1.54, 1.807) is 0 Å². The Labute approximate surface area is 346 Å². The summed E-state index contributed by atoms with van der Waals surface area (Å²) in [4.78, 5) is 10.0. The van der Waals surface area contributed by atoms with Crippen molar-refractivity contribution in [1.29, 1.82) is 0 Å². The number of hydrogen-bond acceptors (Lipinski definition) is 3. The van der Waals surface area contributed by atoms with Crippen LogP contribution in [-0.4, -0.2) is 14.5 Å². The maximum atomic E-state index is 6.77. The minimum absolute atomic E-state index is 0.712. The van der Waals surface area contributed by atoms with E-state index < -0.39 is 0 Å². The topological polar surface area (TPSA) is 43.9 Å². The molecule has 0 atom stereocenters. The summed E-state index contributed by atoms with van der Waals surface area (Å²) in [6.45, 7) is 0. The van der Waals surface area contributed by atoms with Crippen LogP contribution in [0.1, 0.15) is 0 Å². The van der Waals surface area contributed by atoms with E-state index in [0.717, 1.165) is 83.2 Å². The predicted octanol–water partition coefficient (Wildman–Crippen LogP) is 15.0. The van der Waals surface area contributed by atoms with Crippen LogP contribution in [-0.2, 0) is 0 Å². The zero-order chi connectivity index (χ0) is 39.6. The Balaban J connectivity index is 0.945. The second kappa shape index (κ2) is 13.8. The molecule has 3 heterocycles.